The van der Waals surface area contributed by atoms with E-state index in [2.05, 4.69) is 12.7 Å². The number of carbonyl (C=O) groups is 1. The zero-order valence-electron chi connectivity index (χ0n) is 10.3. The van der Waals surface area contributed by atoms with Crippen LogP contribution in [-0.2, 0) is 4.79 Å². The van der Waals surface area contributed by atoms with Crippen LogP contribution in [0.25, 0.3) is 0 Å². The normalized spacial score (nSPS) is 32.2. The second-order valence-corrected chi connectivity index (χ2v) is 5.58. The van der Waals surface area contributed by atoms with Gasteiger partial charge in [-0.25, -0.2) is 0 Å². The summed E-state index contributed by atoms with van der Waals surface area (Å²) in [5.74, 6) is 2.08. The van der Waals surface area contributed by atoms with Crippen molar-refractivity contribution in [1.29, 1.82) is 0 Å². The van der Waals surface area contributed by atoms with Gasteiger partial charge in [-0.05, 0) is 44.4 Å². The predicted molar refractivity (Wildman–Crippen MR) is 67.2 cm³/mol. The van der Waals surface area contributed by atoms with Crippen molar-refractivity contribution in [1.82, 2.24) is 0 Å². The van der Waals surface area contributed by atoms with E-state index in [1.165, 1.54) is 44.9 Å². The quantitative estimate of drug-likeness (QED) is 0.654. The molecule has 1 nitrogen and oxygen atoms in total. The van der Waals surface area contributed by atoms with E-state index in [-0.39, 0.29) is 0 Å². The average Bonchev–Trinajstić information content (AvgIpc) is 2.39. The SMILES string of the molecule is C=CC1CCC(C(=O)C2CCCCC2)CC1. The summed E-state index contributed by atoms with van der Waals surface area (Å²) in [7, 11) is 0. The summed E-state index contributed by atoms with van der Waals surface area (Å²) in [6.45, 7) is 3.86. The minimum Gasteiger partial charge on any atom is -0.299 e. The van der Waals surface area contributed by atoms with Gasteiger partial charge in [-0.1, -0.05) is 25.3 Å². The first-order valence-corrected chi connectivity index (χ1v) is 6.97. The highest BCUT2D eigenvalue weighted by atomic mass is 16.1. The second-order valence-electron chi connectivity index (χ2n) is 5.58. The first-order valence-electron chi connectivity index (χ1n) is 6.97. The molecule has 2 aliphatic rings. The standard InChI is InChI=1S/C15H24O/c1-2-12-8-10-14(11-9-12)15(16)13-6-4-3-5-7-13/h2,12-14H,1,3-11H2. The van der Waals surface area contributed by atoms with Crippen molar-refractivity contribution in [3.05, 3.63) is 12.7 Å². The summed E-state index contributed by atoms with van der Waals surface area (Å²) in [6.07, 6.45) is 12.9. The number of rotatable bonds is 3. The zero-order valence-corrected chi connectivity index (χ0v) is 10.3. The van der Waals surface area contributed by atoms with Gasteiger partial charge in [-0.15, -0.1) is 6.58 Å². The smallest absolute Gasteiger partial charge is 0.139 e. The molecule has 90 valence electrons. The zero-order chi connectivity index (χ0) is 11.4. The van der Waals surface area contributed by atoms with Gasteiger partial charge in [0.15, 0.2) is 0 Å². The summed E-state index contributed by atoms with van der Waals surface area (Å²) < 4.78 is 0. The molecule has 0 N–H and O–H groups in total. The first kappa shape index (κ1) is 11.9. The van der Waals surface area contributed by atoms with Crippen LogP contribution in [0, 0.1) is 17.8 Å². The Morgan fingerprint density at radius 1 is 0.875 bits per heavy atom. The van der Waals surface area contributed by atoms with E-state index in [1.54, 1.807) is 0 Å². The third-order valence-electron chi connectivity index (χ3n) is 4.52. The van der Waals surface area contributed by atoms with Crippen molar-refractivity contribution < 1.29 is 4.79 Å². The molecule has 0 saturated heterocycles. The van der Waals surface area contributed by atoms with Crippen molar-refractivity contribution in [2.24, 2.45) is 17.8 Å². The van der Waals surface area contributed by atoms with Gasteiger partial charge < -0.3 is 0 Å². The van der Waals surface area contributed by atoms with Crippen LogP contribution in [0.1, 0.15) is 57.8 Å². The summed E-state index contributed by atoms with van der Waals surface area (Å²) in [4.78, 5) is 12.3. The van der Waals surface area contributed by atoms with Gasteiger partial charge in [-0.3, -0.25) is 4.79 Å². The van der Waals surface area contributed by atoms with Crippen LogP contribution < -0.4 is 0 Å². The lowest BCUT2D eigenvalue weighted by Gasteiger charge is -2.30. The molecule has 0 bridgehead atoms. The molecule has 2 rings (SSSR count). The number of hydrogen-bond acceptors (Lipinski definition) is 1. The van der Waals surface area contributed by atoms with Crippen molar-refractivity contribution >= 4 is 5.78 Å². The molecule has 0 spiro atoms. The molecular weight excluding hydrogens is 196 g/mol. The van der Waals surface area contributed by atoms with Crippen LogP contribution in [0.2, 0.25) is 0 Å². The molecular formula is C15H24O. The fourth-order valence-corrected chi connectivity index (χ4v) is 3.36. The summed E-state index contributed by atoms with van der Waals surface area (Å²) in [5.41, 5.74) is 0. The number of carbonyl (C=O) groups excluding carboxylic acids is 1. The van der Waals surface area contributed by atoms with Gasteiger partial charge >= 0.3 is 0 Å². The molecule has 0 radical (unpaired) electrons. The Balaban J connectivity index is 1.83. The topological polar surface area (TPSA) is 17.1 Å². The van der Waals surface area contributed by atoms with Crippen molar-refractivity contribution in [3.63, 3.8) is 0 Å². The molecule has 0 heterocycles. The molecule has 2 aliphatic carbocycles. The van der Waals surface area contributed by atoms with E-state index in [4.69, 9.17) is 0 Å². The van der Waals surface area contributed by atoms with Gasteiger partial charge in [0.05, 0.1) is 0 Å². The highest BCUT2D eigenvalue weighted by Gasteiger charge is 2.30. The number of hydrogen-bond donors (Lipinski definition) is 0. The Labute approximate surface area is 99.3 Å². The molecule has 0 amide bonds. The molecule has 2 saturated carbocycles. The molecule has 2 fully saturated rings. The molecule has 0 aliphatic heterocycles. The first-order chi connectivity index (χ1) is 7.81. The fraction of sp³-hybridized carbons (Fsp3) is 0.800. The Hall–Kier alpha value is -0.590. The third kappa shape index (κ3) is 2.75. The maximum Gasteiger partial charge on any atom is 0.139 e. The number of ketones is 1. The van der Waals surface area contributed by atoms with Gasteiger partial charge in [0, 0.05) is 11.8 Å². The Kier molecular flexibility index (Phi) is 4.20. The molecule has 0 aromatic carbocycles. The predicted octanol–water partition coefficient (Wildman–Crippen LogP) is 4.13. The minimum absolute atomic E-state index is 0.388. The molecule has 0 unspecified atom stereocenters. The van der Waals surface area contributed by atoms with E-state index >= 15 is 0 Å². The number of Topliss-reactive ketones (excluding diaryl/α,β-unsaturated/α-hetero) is 1. The van der Waals surface area contributed by atoms with E-state index in [9.17, 15) is 4.79 Å². The Bertz CT molecular complexity index is 242. The molecule has 1 heteroatoms. The monoisotopic (exact) mass is 220 g/mol. The van der Waals surface area contributed by atoms with E-state index < -0.39 is 0 Å². The van der Waals surface area contributed by atoms with Crippen LogP contribution in [0.15, 0.2) is 12.7 Å². The molecule has 0 atom stereocenters. The van der Waals surface area contributed by atoms with Crippen LogP contribution in [-0.4, -0.2) is 5.78 Å². The summed E-state index contributed by atoms with van der Waals surface area (Å²) in [6, 6.07) is 0. The Morgan fingerprint density at radius 2 is 1.44 bits per heavy atom. The van der Waals surface area contributed by atoms with Crippen LogP contribution in [0.3, 0.4) is 0 Å². The fourth-order valence-electron chi connectivity index (χ4n) is 3.36. The van der Waals surface area contributed by atoms with E-state index in [0.717, 1.165) is 12.8 Å². The van der Waals surface area contributed by atoms with E-state index in [1.807, 2.05) is 0 Å². The third-order valence-corrected chi connectivity index (χ3v) is 4.52. The maximum atomic E-state index is 12.3. The van der Waals surface area contributed by atoms with Gasteiger partial charge in [0.1, 0.15) is 5.78 Å². The molecule has 0 aromatic heterocycles. The van der Waals surface area contributed by atoms with Crippen molar-refractivity contribution in [2.45, 2.75) is 57.8 Å². The average molecular weight is 220 g/mol. The van der Waals surface area contributed by atoms with E-state index in [0.29, 0.717) is 23.5 Å². The largest absolute Gasteiger partial charge is 0.299 e. The highest BCUT2D eigenvalue weighted by molar-refractivity contribution is 5.83. The lowest BCUT2D eigenvalue weighted by Crippen LogP contribution is -2.28. The van der Waals surface area contributed by atoms with Crippen molar-refractivity contribution in [2.75, 3.05) is 0 Å². The maximum absolute atomic E-state index is 12.3. The van der Waals surface area contributed by atoms with Crippen LogP contribution in [0.5, 0.6) is 0 Å². The second kappa shape index (κ2) is 5.65. The van der Waals surface area contributed by atoms with Crippen LogP contribution >= 0.6 is 0 Å². The minimum atomic E-state index is 0.388. The van der Waals surface area contributed by atoms with Crippen LogP contribution in [0.4, 0.5) is 0 Å². The van der Waals surface area contributed by atoms with Gasteiger partial charge in [0.2, 0.25) is 0 Å². The Morgan fingerprint density at radius 3 is 2.00 bits per heavy atom. The summed E-state index contributed by atoms with van der Waals surface area (Å²) >= 11 is 0. The lowest BCUT2D eigenvalue weighted by molar-refractivity contribution is -0.128. The summed E-state index contributed by atoms with van der Waals surface area (Å²) in [5, 5.41) is 0. The number of allylic oxidation sites excluding steroid dienone is 1. The van der Waals surface area contributed by atoms with Gasteiger partial charge in [-0.2, -0.15) is 0 Å². The van der Waals surface area contributed by atoms with Gasteiger partial charge in [0.25, 0.3) is 0 Å². The highest BCUT2D eigenvalue weighted by Crippen LogP contribution is 2.34. The van der Waals surface area contributed by atoms with Crippen molar-refractivity contribution in [3.8, 4) is 0 Å². The lowest BCUT2D eigenvalue weighted by atomic mass is 9.74. The molecule has 16 heavy (non-hydrogen) atoms. The molecule has 0 aromatic rings.